The van der Waals surface area contributed by atoms with Crippen LogP contribution in [-0.2, 0) is 11.2 Å². The molecule has 0 spiro atoms. The van der Waals surface area contributed by atoms with E-state index in [2.05, 4.69) is 30.6 Å². The van der Waals surface area contributed by atoms with Gasteiger partial charge in [-0.3, -0.25) is 4.79 Å². The zero-order valence-corrected chi connectivity index (χ0v) is 12.0. The SMILES string of the molecule is Nc1nc(SCC(=O)NCCc2nc(C3CC3)no2)n[nH]1. The normalized spacial score (nSPS) is 14.3. The highest BCUT2D eigenvalue weighted by atomic mass is 32.2. The first-order valence-corrected chi connectivity index (χ1v) is 7.59. The fourth-order valence-electron chi connectivity index (χ4n) is 1.69. The van der Waals surface area contributed by atoms with Crippen molar-refractivity contribution in [1.82, 2.24) is 30.6 Å². The number of nitrogens with two attached hydrogens (primary N) is 1. The van der Waals surface area contributed by atoms with Gasteiger partial charge >= 0.3 is 0 Å². The maximum Gasteiger partial charge on any atom is 0.230 e. The van der Waals surface area contributed by atoms with Gasteiger partial charge in [0.2, 0.25) is 22.9 Å². The van der Waals surface area contributed by atoms with Gasteiger partial charge in [0.15, 0.2) is 5.82 Å². The number of nitrogen functional groups attached to an aromatic ring is 1. The molecule has 0 atom stereocenters. The number of carbonyl (C=O) groups excluding carboxylic acids is 1. The number of anilines is 1. The lowest BCUT2D eigenvalue weighted by Gasteiger charge is -2.01. The Bertz CT molecular complexity index is 622. The zero-order chi connectivity index (χ0) is 14.7. The number of nitrogens with one attached hydrogen (secondary N) is 2. The minimum atomic E-state index is -0.106. The van der Waals surface area contributed by atoms with E-state index in [4.69, 9.17) is 10.3 Å². The van der Waals surface area contributed by atoms with E-state index in [1.165, 1.54) is 11.8 Å². The van der Waals surface area contributed by atoms with Gasteiger partial charge in [0.25, 0.3) is 0 Å². The first-order valence-electron chi connectivity index (χ1n) is 6.60. The number of thioether (sulfide) groups is 1. The lowest BCUT2D eigenvalue weighted by atomic mass is 10.4. The molecular formula is C11H15N7O2S. The van der Waals surface area contributed by atoms with Crippen LogP contribution >= 0.6 is 11.8 Å². The number of carbonyl (C=O) groups is 1. The number of nitrogens with zero attached hydrogens (tertiary/aromatic N) is 4. The maximum atomic E-state index is 11.6. The van der Waals surface area contributed by atoms with Crippen LogP contribution in [0.3, 0.4) is 0 Å². The highest BCUT2D eigenvalue weighted by Gasteiger charge is 2.28. The summed E-state index contributed by atoms with van der Waals surface area (Å²) in [6.45, 7) is 0.460. The van der Waals surface area contributed by atoms with Crippen molar-refractivity contribution < 1.29 is 9.32 Å². The van der Waals surface area contributed by atoms with Gasteiger partial charge in [0, 0.05) is 18.9 Å². The predicted molar refractivity (Wildman–Crippen MR) is 74.5 cm³/mol. The molecule has 0 aliphatic heterocycles. The molecule has 0 saturated heterocycles. The smallest absolute Gasteiger partial charge is 0.230 e. The lowest BCUT2D eigenvalue weighted by molar-refractivity contribution is -0.118. The van der Waals surface area contributed by atoms with Gasteiger partial charge in [-0.15, -0.1) is 5.10 Å². The summed E-state index contributed by atoms with van der Waals surface area (Å²) >= 11 is 1.21. The summed E-state index contributed by atoms with van der Waals surface area (Å²) in [6, 6.07) is 0. The van der Waals surface area contributed by atoms with Crippen molar-refractivity contribution in [1.29, 1.82) is 0 Å². The molecule has 1 amide bonds. The van der Waals surface area contributed by atoms with E-state index in [9.17, 15) is 4.79 Å². The molecule has 2 aromatic rings. The van der Waals surface area contributed by atoms with E-state index < -0.39 is 0 Å². The lowest BCUT2D eigenvalue weighted by Crippen LogP contribution is -2.27. The summed E-state index contributed by atoms with van der Waals surface area (Å²) in [4.78, 5) is 19.8. The van der Waals surface area contributed by atoms with E-state index in [0.717, 1.165) is 18.7 Å². The molecule has 0 radical (unpaired) electrons. The monoisotopic (exact) mass is 309 g/mol. The molecule has 0 bridgehead atoms. The van der Waals surface area contributed by atoms with Crippen LogP contribution in [0.1, 0.15) is 30.5 Å². The molecule has 21 heavy (non-hydrogen) atoms. The number of amides is 1. The number of rotatable bonds is 7. The molecule has 1 aliphatic rings. The van der Waals surface area contributed by atoms with Crippen LogP contribution in [0, 0.1) is 0 Å². The Balaban J connectivity index is 1.35. The molecule has 2 heterocycles. The fourth-order valence-corrected chi connectivity index (χ4v) is 2.32. The first-order chi connectivity index (χ1) is 10.2. The van der Waals surface area contributed by atoms with E-state index in [1.807, 2.05) is 0 Å². The van der Waals surface area contributed by atoms with Crippen molar-refractivity contribution in [3.05, 3.63) is 11.7 Å². The number of hydrogen-bond donors (Lipinski definition) is 3. The molecule has 0 unspecified atom stereocenters. The van der Waals surface area contributed by atoms with Crippen LogP contribution in [0.2, 0.25) is 0 Å². The number of H-pyrrole nitrogens is 1. The van der Waals surface area contributed by atoms with Gasteiger partial charge in [-0.2, -0.15) is 9.97 Å². The van der Waals surface area contributed by atoms with Crippen LogP contribution in [0.15, 0.2) is 9.68 Å². The Morgan fingerprint density at radius 1 is 1.48 bits per heavy atom. The third-order valence-corrected chi connectivity index (χ3v) is 3.75. The summed E-state index contributed by atoms with van der Waals surface area (Å²) in [5, 5.41) is 13.5. The Morgan fingerprint density at radius 2 is 2.33 bits per heavy atom. The van der Waals surface area contributed by atoms with E-state index in [-0.39, 0.29) is 17.6 Å². The molecule has 2 aromatic heterocycles. The molecular weight excluding hydrogens is 294 g/mol. The summed E-state index contributed by atoms with van der Waals surface area (Å²) in [5.41, 5.74) is 5.39. The van der Waals surface area contributed by atoms with Gasteiger partial charge in [-0.1, -0.05) is 16.9 Å². The van der Waals surface area contributed by atoms with Crippen molar-refractivity contribution in [2.75, 3.05) is 18.0 Å². The quantitative estimate of drug-likeness (QED) is 0.613. The third-order valence-electron chi connectivity index (χ3n) is 2.90. The first kappa shape index (κ1) is 13.9. The van der Waals surface area contributed by atoms with Crippen molar-refractivity contribution in [2.24, 2.45) is 0 Å². The van der Waals surface area contributed by atoms with Crippen molar-refractivity contribution in [3.8, 4) is 0 Å². The minimum Gasteiger partial charge on any atom is -0.368 e. The average Bonchev–Trinajstić information content (AvgIpc) is 3.07. The van der Waals surface area contributed by atoms with Crippen LogP contribution in [0.25, 0.3) is 0 Å². The van der Waals surface area contributed by atoms with Gasteiger partial charge < -0.3 is 15.6 Å². The Labute approximate surface area is 124 Å². The van der Waals surface area contributed by atoms with Crippen LogP contribution in [0.4, 0.5) is 5.95 Å². The molecule has 10 heteroatoms. The van der Waals surface area contributed by atoms with Gasteiger partial charge in [-0.05, 0) is 12.8 Å². The maximum absolute atomic E-state index is 11.6. The number of aromatic amines is 1. The van der Waals surface area contributed by atoms with Crippen LogP contribution in [0.5, 0.6) is 0 Å². The molecule has 1 fully saturated rings. The van der Waals surface area contributed by atoms with E-state index in [1.54, 1.807) is 0 Å². The molecule has 9 nitrogen and oxygen atoms in total. The van der Waals surface area contributed by atoms with Crippen LogP contribution < -0.4 is 11.1 Å². The number of hydrogen-bond acceptors (Lipinski definition) is 8. The standard InChI is InChI=1S/C11H15N7O2S/c12-10-15-11(17-16-10)21-5-7(19)13-4-3-8-14-9(18-20-8)6-1-2-6/h6H,1-5H2,(H,13,19)(H3,12,15,16,17). The van der Waals surface area contributed by atoms with Gasteiger partial charge in [-0.25, -0.2) is 5.10 Å². The molecule has 1 aliphatic carbocycles. The van der Waals surface area contributed by atoms with Crippen molar-refractivity contribution >= 4 is 23.6 Å². The summed E-state index contributed by atoms with van der Waals surface area (Å²) in [7, 11) is 0. The average molecular weight is 309 g/mol. The Hall–Kier alpha value is -2.10. The Kier molecular flexibility index (Phi) is 4.04. The predicted octanol–water partition coefficient (Wildman–Crippen LogP) is 0.0983. The Morgan fingerprint density at radius 3 is 3.05 bits per heavy atom. The minimum absolute atomic E-state index is 0.106. The third kappa shape index (κ3) is 3.94. The molecule has 4 N–H and O–H groups in total. The summed E-state index contributed by atoms with van der Waals surface area (Å²) in [5.74, 6) is 2.18. The van der Waals surface area contributed by atoms with E-state index in [0.29, 0.717) is 29.9 Å². The van der Waals surface area contributed by atoms with Gasteiger partial charge in [0.05, 0.1) is 5.75 Å². The van der Waals surface area contributed by atoms with E-state index >= 15 is 0 Å². The second kappa shape index (κ2) is 6.12. The molecule has 112 valence electrons. The highest BCUT2D eigenvalue weighted by Crippen LogP contribution is 2.38. The van der Waals surface area contributed by atoms with Crippen molar-refractivity contribution in [3.63, 3.8) is 0 Å². The molecule has 1 saturated carbocycles. The highest BCUT2D eigenvalue weighted by molar-refractivity contribution is 7.99. The molecule has 0 aromatic carbocycles. The fraction of sp³-hybridized carbons (Fsp3) is 0.545. The summed E-state index contributed by atoms with van der Waals surface area (Å²) < 4.78 is 5.12. The zero-order valence-electron chi connectivity index (χ0n) is 11.2. The van der Waals surface area contributed by atoms with Crippen LogP contribution in [-0.4, -0.2) is 43.5 Å². The summed E-state index contributed by atoms with van der Waals surface area (Å²) in [6.07, 6.45) is 2.81. The largest absolute Gasteiger partial charge is 0.368 e. The molecule has 3 rings (SSSR count). The number of aromatic nitrogens is 5. The van der Waals surface area contributed by atoms with Gasteiger partial charge in [0.1, 0.15) is 0 Å². The van der Waals surface area contributed by atoms with Crippen molar-refractivity contribution in [2.45, 2.75) is 30.3 Å². The second-order valence-electron chi connectivity index (χ2n) is 4.71. The topological polar surface area (TPSA) is 136 Å². The second-order valence-corrected chi connectivity index (χ2v) is 5.65.